The fourth-order valence-corrected chi connectivity index (χ4v) is 3.72. The van der Waals surface area contributed by atoms with Crippen molar-refractivity contribution in [1.82, 2.24) is 19.7 Å². The summed E-state index contributed by atoms with van der Waals surface area (Å²) in [6.07, 6.45) is 1.59. The average molecular weight is 483 g/mol. The molecule has 1 N–H and O–H groups in total. The third-order valence-corrected chi connectivity index (χ3v) is 4.86. The fraction of sp³-hybridized carbons (Fsp3) is 0.211. The van der Waals surface area contributed by atoms with Crippen molar-refractivity contribution in [2.45, 2.75) is 13.5 Å². The van der Waals surface area contributed by atoms with Crippen molar-refractivity contribution in [3.05, 3.63) is 68.0 Å². The van der Waals surface area contributed by atoms with Gasteiger partial charge in [-0.05, 0) is 72.3 Å². The number of nitrogens with zero attached hydrogens (tertiary/aromatic N) is 4. The lowest BCUT2D eigenvalue weighted by Crippen LogP contribution is -2.20. The zero-order valence-electron chi connectivity index (χ0n) is 15.5. The van der Waals surface area contributed by atoms with Crippen LogP contribution < -0.4 is 5.32 Å². The lowest BCUT2D eigenvalue weighted by molar-refractivity contribution is 0.101. The quantitative estimate of drug-likeness (QED) is 0.558. The Morgan fingerprint density at radius 1 is 1.29 bits per heavy atom. The van der Waals surface area contributed by atoms with Crippen LogP contribution in [-0.2, 0) is 6.54 Å². The maximum absolute atomic E-state index is 13.1. The van der Waals surface area contributed by atoms with Gasteiger partial charge in [-0.1, -0.05) is 23.2 Å². The lowest BCUT2D eigenvalue weighted by Gasteiger charge is -2.18. The normalized spacial score (nSPS) is 11.1. The van der Waals surface area contributed by atoms with Gasteiger partial charge in [0.2, 0.25) is 0 Å². The Balaban J connectivity index is 2.01. The Hall–Kier alpha value is -1.93. The SMILES string of the molecule is Cc1cc(Cl)cc(CN(C)C)c1NC(=O)c1cc(Br)nn1-c1ncccc1Cl. The van der Waals surface area contributed by atoms with Gasteiger partial charge < -0.3 is 10.2 Å². The Labute approximate surface area is 181 Å². The highest BCUT2D eigenvalue weighted by atomic mass is 79.9. The first-order chi connectivity index (χ1) is 13.3. The molecule has 0 bridgehead atoms. The molecule has 0 radical (unpaired) electrons. The maximum atomic E-state index is 13.1. The minimum absolute atomic E-state index is 0.303. The first-order valence-corrected chi connectivity index (χ1v) is 9.92. The molecule has 2 aromatic heterocycles. The third kappa shape index (κ3) is 4.55. The van der Waals surface area contributed by atoms with E-state index in [0.717, 1.165) is 16.8 Å². The van der Waals surface area contributed by atoms with E-state index in [9.17, 15) is 4.79 Å². The predicted octanol–water partition coefficient (Wildman–Crippen LogP) is 4.96. The zero-order chi connectivity index (χ0) is 20.4. The maximum Gasteiger partial charge on any atom is 0.274 e. The molecule has 3 aromatic rings. The summed E-state index contributed by atoms with van der Waals surface area (Å²) in [5.41, 5.74) is 2.82. The number of nitrogens with one attached hydrogen (secondary N) is 1. The van der Waals surface area contributed by atoms with Gasteiger partial charge in [0.25, 0.3) is 5.91 Å². The standard InChI is InChI=1S/C19H18BrCl2N5O/c1-11-7-13(21)8-12(10-26(2)3)17(11)24-19(28)15-9-16(20)25-27(15)18-14(22)5-4-6-23-18/h4-9H,10H2,1-3H3,(H,24,28). The molecule has 2 heterocycles. The smallest absolute Gasteiger partial charge is 0.274 e. The molecule has 0 atom stereocenters. The van der Waals surface area contributed by atoms with E-state index in [0.29, 0.717) is 32.7 Å². The molecule has 0 saturated heterocycles. The van der Waals surface area contributed by atoms with Crippen molar-refractivity contribution in [2.24, 2.45) is 0 Å². The molecule has 0 aliphatic heterocycles. The van der Waals surface area contributed by atoms with Crippen LogP contribution in [0.5, 0.6) is 0 Å². The minimum atomic E-state index is -0.328. The first kappa shape index (κ1) is 20.8. The summed E-state index contributed by atoms with van der Waals surface area (Å²) in [4.78, 5) is 19.3. The summed E-state index contributed by atoms with van der Waals surface area (Å²) in [5.74, 6) is 0.0479. The number of halogens is 3. The molecule has 6 nitrogen and oxygen atoms in total. The van der Waals surface area contributed by atoms with Crippen LogP contribution in [0.4, 0.5) is 5.69 Å². The number of rotatable bonds is 5. The molecule has 28 heavy (non-hydrogen) atoms. The summed E-state index contributed by atoms with van der Waals surface area (Å²) >= 11 is 15.8. The number of amides is 1. The number of carbonyl (C=O) groups is 1. The van der Waals surface area contributed by atoms with Gasteiger partial charge >= 0.3 is 0 Å². The number of hydrogen-bond acceptors (Lipinski definition) is 4. The summed E-state index contributed by atoms with van der Waals surface area (Å²) in [6.45, 7) is 2.54. The number of carbonyl (C=O) groups excluding carboxylic acids is 1. The van der Waals surface area contributed by atoms with Crippen LogP contribution in [0.15, 0.2) is 41.1 Å². The van der Waals surface area contributed by atoms with Crippen LogP contribution in [0, 0.1) is 6.92 Å². The molecule has 0 fully saturated rings. The van der Waals surface area contributed by atoms with Crippen molar-refractivity contribution in [1.29, 1.82) is 0 Å². The fourth-order valence-electron chi connectivity index (χ4n) is 2.84. The summed E-state index contributed by atoms with van der Waals surface area (Å²) in [6, 6.07) is 8.71. The van der Waals surface area contributed by atoms with Crippen molar-refractivity contribution in [3.8, 4) is 5.82 Å². The number of benzene rings is 1. The second kappa shape index (κ2) is 8.61. The van der Waals surface area contributed by atoms with Gasteiger partial charge in [-0.15, -0.1) is 0 Å². The van der Waals surface area contributed by atoms with Gasteiger partial charge in [-0.3, -0.25) is 4.79 Å². The van der Waals surface area contributed by atoms with Crippen molar-refractivity contribution >= 4 is 50.7 Å². The summed E-state index contributed by atoms with van der Waals surface area (Å²) < 4.78 is 1.92. The van der Waals surface area contributed by atoms with Gasteiger partial charge in [0.05, 0.1) is 5.02 Å². The molecule has 0 aliphatic rings. The minimum Gasteiger partial charge on any atom is -0.320 e. The van der Waals surface area contributed by atoms with E-state index in [1.165, 1.54) is 4.68 Å². The van der Waals surface area contributed by atoms with E-state index in [1.807, 2.05) is 38.1 Å². The van der Waals surface area contributed by atoms with Gasteiger partial charge in [0, 0.05) is 29.5 Å². The Morgan fingerprint density at radius 3 is 2.71 bits per heavy atom. The first-order valence-electron chi connectivity index (χ1n) is 8.38. The van der Waals surface area contributed by atoms with Crippen LogP contribution in [0.3, 0.4) is 0 Å². The summed E-state index contributed by atoms with van der Waals surface area (Å²) in [5, 5.41) is 8.32. The largest absolute Gasteiger partial charge is 0.320 e. The number of aryl methyl sites for hydroxylation is 1. The van der Waals surface area contributed by atoms with Gasteiger partial charge in [-0.2, -0.15) is 5.10 Å². The Morgan fingerprint density at radius 2 is 2.04 bits per heavy atom. The van der Waals surface area contributed by atoms with Crippen LogP contribution in [-0.4, -0.2) is 39.7 Å². The van der Waals surface area contributed by atoms with E-state index in [-0.39, 0.29) is 5.91 Å². The highest BCUT2D eigenvalue weighted by molar-refractivity contribution is 9.10. The number of aromatic nitrogens is 3. The third-order valence-electron chi connectivity index (χ3n) is 3.96. The molecule has 0 aliphatic carbocycles. The molecule has 0 saturated carbocycles. The second-order valence-corrected chi connectivity index (χ2v) is 8.18. The van der Waals surface area contributed by atoms with Crippen molar-refractivity contribution in [2.75, 3.05) is 19.4 Å². The molecule has 1 aromatic carbocycles. The summed E-state index contributed by atoms with van der Waals surface area (Å²) in [7, 11) is 3.91. The van der Waals surface area contributed by atoms with Gasteiger partial charge in [0.1, 0.15) is 10.3 Å². The Kier molecular flexibility index (Phi) is 6.40. The molecular weight excluding hydrogens is 465 g/mol. The Bertz CT molecular complexity index is 1040. The topological polar surface area (TPSA) is 63.1 Å². The van der Waals surface area contributed by atoms with Crippen LogP contribution in [0.25, 0.3) is 5.82 Å². The van der Waals surface area contributed by atoms with Crippen LogP contribution >= 0.6 is 39.1 Å². The highest BCUT2D eigenvalue weighted by Gasteiger charge is 2.20. The molecule has 1 amide bonds. The number of anilines is 1. The van der Waals surface area contributed by atoms with Crippen LogP contribution in [0.2, 0.25) is 10.0 Å². The van der Waals surface area contributed by atoms with E-state index in [2.05, 4.69) is 31.3 Å². The van der Waals surface area contributed by atoms with Crippen molar-refractivity contribution in [3.63, 3.8) is 0 Å². The average Bonchev–Trinajstić information content (AvgIpc) is 2.99. The highest BCUT2D eigenvalue weighted by Crippen LogP contribution is 2.28. The lowest BCUT2D eigenvalue weighted by atomic mass is 10.1. The van der Waals surface area contributed by atoms with Crippen molar-refractivity contribution < 1.29 is 4.79 Å². The zero-order valence-corrected chi connectivity index (χ0v) is 18.6. The molecule has 0 spiro atoms. The monoisotopic (exact) mass is 481 g/mol. The van der Waals surface area contributed by atoms with E-state index in [1.54, 1.807) is 24.4 Å². The van der Waals surface area contributed by atoms with E-state index >= 15 is 0 Å². The predicted molar refractivity (Wildman–Crippen MR) is 116 cm³/mol. The van der Waals surface area contributed by atoms with Gasteiger partial charge in [0.15, 0.2) is 5.82 Å². The van der Waals surface area contributed by atoms with Gasteiger partial charge in [-0.25, -0.2) is 9.67 Å². The molecule has 0 unspecified atom stereocenters. The number of hydrogen-bond donors (Lipinski definition) is 1. The molecule has 3 rings (SSSR count). The molecule has 9 heteroatoms. The van der Waals surface area contributed by atoms with E-state index in [4.69, 9.17) is 23.2 Å². The van der Waals surface area contributed by atoms with Crippen LogP contribution in [0.1, 0.15) is 21.6 Å². The molecule has 146 valence electrons. The van der Waals surface area contributed by atoms with E-state index < -0.39 is 0 Å². The second-order valence-electron chi connectivity index (χ2n) is 6.52. The number of pyridine rings is 1. The molecular formula is C19H18BrCl2N5O.